The van der Waals surface area contributed by atoms with Crippen molar-refractivity contribution in [3.05, 3.63) is 42.0 Å². The number of methoxy groups -OCH3 is 3. The van der Waals surface area contributed by atoms with Crippen LogP contribution in [0.1, 0.15) is 31.9 Å². The van der Waals surface area contributed by atoms with Gasteiger partial charge < -0.3 is 28.8 Å². The minimum absolute atomic E-state index is 0.261. The number of aliphatic hydroxyl groups is 1. The summed E-state index contributed by atoms with van der Waals surface area (Å²) >= 11 is 0. The van der Waals surface area contributed by atoms with Gasteiger partial charge in [0.1, 0.15) is 17.2 Å². The van der Waals surface area contributed by atoms with Gasteiger partial charge in [0.05, 0.1) is 45.0 Å². The molecule has 7 nitrogen and oxygen atoms in total. The predicted octanol–water partition coefficient (Wildman–Crippen LogP) is 4.16. The zero-order chi connectivity index (χ0) is 23.0. The molecule has 0 unspecified atom stereocenters. The Kier molecular flexibility index (Phi) is 6.13. The number of benzene rings is 3. The maximum absolute atomic E-state index is 11.4. The summed E-state index contributed by atoms with van der Waals surface area (Å²) in [5, 5.41) is 14.2. The SMILES string of the molecule is COc1c2ccccc2c(OC)c2c(OC)c([C@H]3C[C@@H](O)[C@H](OC(C)=O)[C@@H](C)O3)ccc12. The van der Waals surface area contributed by atoms with Crippen molar-refractivity contribution in [3.63, 3.8) is 0 Å². The van der Waals surface area contributed by atoms with Crippen molar-refractivity contribution in [2.75, 3.05) is 21.3 Å². The summed E-state index contributed by atoms with van der Waals surface area (Å²) in [5.74, 6) is 1.56. The Bertz CT molecular complexity index is 1140. The van der Waals surface area contributed by atoms with Crippen LogP contribution in [0.3, 0.4) is 0 Å². The van der Waals surface area contributed by atoms with Gasteiger partial charge in [0.25, 0.3) is 0 Å². The standard InChI is InChI=1S/C25H28O7/c1-13-22(32-14(2)26)19(27)12-20(31-13)17-10-11-18-21(25(17)30-5)24(29-4)16-9-7-6-8-15(16)23(18)28-3/h6-11,13,19-20,22,27H,12H2,1-5H3/t13-,19-,20-,22-/m1/s1. The molecule has 4 rings (SSSR count). The van der Waals surface area contributed by atoms with E-state index >= 15 is 0 Å². The van der Waals surface area contributed by atoms with Gasteiger partial charge in [0.2, 0.25) is 0 Å². The molecule has 0 spiro atoms. The molecular weight excluding hydrogens is 412 g/mol. The van der Waals surface area contributed by atoms with E-state index in [0.717, 1.165) is 32.9 Å². The quantitative estimate of drug-likeness (QED) is 0.471. The van der Waals surface area contributed by atoms with Gasteiger partial charge in [-0.15, -0.1) is 0 Å². The van der Waals surface area contributed by atoms with Crippen LogP contribution in [0.15, 0.2) is 36.4 Å². The van der Waals surface area contributed by atoms with Gasteiger partial charge in [0, 0.05) is 35.1 Å². The van der Waals surface area contributed by atoms with Crippen LogP contribution in [0.5, 0.6) is 17.2 Å². The summed E-state index contributed by atoms with van der Waals surface area (Å²) in [6, 6.07) is 11.8. The summed E-state index contributed by atoms with van der Waals surface area (Å²) in [6.07, 6.45) is -2.25. The van der Waals surface area contributed by atoms with E-state index in [2.05, 4.69) is 0 Å². The van der Waals surface area contributed by atoms with E-state index in [1.165, 1.54) is 6.92 Å². The number of hydrogen-bond donors (Lipinski definition) is 1. The van der Waals surface area contributed by atoms with Gasteiger partial charge in [0.15, 0.2) is 6.10 Å². The van der Waals surface area contributed by atoms with E-state index in [-0.39, 0.29) is 6.42 Å². The van der Waals surface area contributed by atoms with E-state index in [4.69, 9.17) is 23.7 Å². The molecule has 1 saturated heterocycles. The van der Waals surface area contributed by atoms with Crippen molar-refractivity contribution in [2.24, 2.45) is 0 Å². The number of carbonyl (C=O) groups is 1. The minimum Gasteiger partial charge on any atom is -0.496 e. The van der Waals surface area contributed by atoms with Crippen molar-refractivity contribution < 1.29 is 33.6 Å². The molecule has 1 heterocycles. The van der Waals surface area contributed by atoms with Crippen LogP contribution in [0.25, 0.3) is 21.5 Å². The zero-order valence-electron chi connectivity index (χ0n) is 18.9. The van der Waals surface area contributed by atoms with Crippen molar-refractivity contribution in [3.8, 4) is 17.2 Å². The van der Waals surface area contributed by atoms with E-state index in [1.807, 2.05) is 36.4 Å². The molecule has 1 fully saturated rings. The molecule has 7 heteroatoms. The van der Waals surface area contributed by atoms with Gasteiger partial charge in [-0.05, 0) is 13.0 Å². The van der Waals surface area contributed by atoms with Crippen molar-refractivity contribution >= 4 is 27.5 Å². The fourth-order valence-electron chi connectivity index (χ4n) is 4.70. The highest BCUT2D eigenvalue weighted by molar-refractivity contribution is 6.13. The van der Waals surface area contributed by atoms with E-state index in [1.54, 1.807) is 28.3 Å². The Hall–Kier alpha value is -3.03. The summed E-state index contributed by atoms with van der Waals surface area (Å²) in [4.78, 5) is 11.4. The van der Waals surface area contributed by atoms with Crippen LogP contribution >= 0.6 is 0 Å². The number of fused-ring (bicyclic) bond motifs is 2. The number of ether oxygens (including phenoxy) is 5. The Morgan fingerprint density at radius 3 is 2.12 bits per heavy atom. The van der Waals surface area contributed by atoms with E-state index < -0.39 is 30.4 Å². The lowest BCUT2D eigenvalue weighted by Gasteiger charge is -2.38. The molecule has 3 aromatic carbocycles. The molecule has 170 valence electrons. The molecule has 1 aliphatic heterocycles. The summed E-state index contributed by atoms with van der Waals surface area (Å²) < 4.78 is 28.9. The average Bonchev–Trinajstić information content (AvgIpc) is 2.78. The predicted molar refractivity (Wildman–Crippen MR) is 121 cm³/mol. The lowest BCUT2D eigenvalue weighted by atomic mass is 9.91. The molecule has 3 aromatic rings. The Balaban J connectivity index is 1.89. The van der Waals surface area contributed by atoms with Gasteiger partial charge in [-0.2, -0.15) is 0 Å². The van der Waals surface area contributed by atoms with E-state index in [9.17, 15) is 9.90 Å². The third-order valence-electron chi connectivity index (χ3n) is 6.01. The third kappa shape index (κ3) is 3.61. The molecule has 0 amide bonds. The van der Waals surface area contributed by atoms with Gasteiger partial charge in [-0.1, -0.05) is 30.3 Å². The first-order chi connectivity index (χ1) is 15.4. The first kappa shape index (κ1) is 22.2. The fraction of sp³-hybridized carbons (Fsp3) is 0.400. The monoisotopic (exact) mass is 440 g/mol. The first-order valence-electron chi connectivity index (χ1n) is 10.5. The van der Waals surface area contributed by atoms with Gasteiger partial charge in [-0.3, -0.25) is 4.79 Å². The van der Waals surface area contributed by atoms with E-state index in [0.29, 0.717) is 11.5 Å². The summed E-state index contributed by atoms with van der Waals surface area (Å²) in [6.45, 7) is 3.11. The second kappa shape index (κ2) is 8.84. The minimum atomic E-state index is -0.860. The number of esters is 1. The first-order valence-corrected chi connectivity index (χ1v) is 10.5. The smallest absolute Gasteiger partial charge is 0.303 e. The molecule has 0 aliphatic carbocycles. The summed E-state index contributed by atoms with van der Waals surface area (Å²) in [7, 11) is 4.88. The molecule has 0 radical (unpaired) electrons. The number of aliphatic hydroxyl groups excluding tert-OH is 1. The topological polar surface area (TPSA) is 83.5 Å². The second-order valence-corrected chi connectivity index (χ2v) is 7.93. The maximum Gasteiger partial charge on any atom is 0.303 e. The lowest BCUT2D eigenvalue weighted by Crippen LogP contribution is -2.46. The van der Waals surface area contributed by atoms with Crippen LogP contribution in [0.4, 0.5) is 0 Å². The Morgan fingerprint density at radius 1 is 0.938 bits per heavy atom. The maximum atomic E-state index is 11.4. The third-order valence-corrected chi connectivity index (χ3v) is 6.01. The molecule has 1 N–H and O–H groups in total. The van der Waals surface area contributed by atoms with Crippen molar-refractivity contribution in [1.29, 1.82) is 0 Å². The number of carbonyl (C=O) groups excluding carboxylic acids is 1. The molecule has 0 saturated carbocycles. The molecule has 0 aromatic heterocycles. The molecule has 0 bridgehead atoms. The summed E-state index contributed by atoms with van der Waals surface area (Å²) in [5.41, 5.74) is 0.780. The lowest BCUT2D eigenvalue weighted by molar-refractivity contribution is -0.193. The van der Waals surface area contributed by atoms with Crippen LogP contribution in [0.2, 0.25) is 0 Å². The van der Waals surface area contributed by atoms with Gasteiger partial charge >= 0.3 is 5.97 Å². The fourth-order valence-corrected chi connectivity index (χ4v) is 4.70. The Morgan fingerprint density at radius 2 is 1.56 bits per heavy atom. The zero-order valence-corrected chi connectivity index (χ0v) is 18.9. The number of hydrogen-bond acceptors (Lipinski definition) is 7. The van der Waals surface area contributed by atoms with Crippen LogP contribution in [-0.4, -0.2) is 50.7 Å². The van der Waals surface area contributed by atoms with Gasteiger partial charge in [-0.25, -0.2) is 0 Å². The molecular formula is C25H28O7. The molecule has 32 heavy (non-hydrogen) atoms. The van der Waals surface area contributed by atoms with Crippen LogP contribution in [0, 0.1) is 0 Å². The van der Waals surface area contributed by atoms with Crippen LogP contribution < -0.4 is 14.2 Å². The highest BCUT2D eigenvalue weighted by Gasteiger charge is 2.39. The molecule has 4 atom stereocenters. The van der Waals surface area contributed by atoms with Crippen molar-refractivity contribution in [2.45, 2.75) is 44.7 Å². The normalized spacial score (nSPS) is 23.2. The largest absolute Gasteiger partial charge is 0.496 e. The molecule has 1 aliphatic rings. The second-order valence-electron chi connectivity index (χ2n) is 7.93. The average molecular weight is 440 g/mol. The highest BCUT2D eigenvalue weighted by atomic mass is 16.6. The Labute approximate surface area is 186 Å². The van der Waals surface area contributed by atoms with Crippen LogP contribution in [-0.2, 0) is 14.3 Å². The van der Waals surface area contributed by atoms with Crippen molar-refractivity contribution in [1.82, 2.24) is 0 Å². The number of rotatable bonds is 5. The highest BCUT2D eigenvalue weighted by Crippen LogP contribution is 2.49.